The number of allylic oxidation sites excluding steroid dienone is 4. The van der Waals surface area contributed by atoms with Crippen molar-refractivity contribution in [3.63, 3.8) is 0 Å². The first-order valence-corrected chi connectivity index (χ1v) is 5.00. The molecule has 0 N–H and O–H groups in total. The lowest BCUT2D eigenvalue weighted by atomic mass is 9.91. The lowest BCUT2D eigenvalue weighted by Gasteiger charge is -2.13. The van der Waals surface area contributed by atoms with E-state index >= 15 is 0 Å². The Hall–Kier alpha value is -1.11. The highest BCUT2D eigenvalue weighted by molar-refractivity contribution is 5.82. The Kier molecular flexibility index (Phi) is 5.86. The minimum absolute atomic E-state index is 0.0687. The zero-order chi connectivity index (χ0) is 11.1. The van der Waals surface area contributed by atoms with Crippen molar-refractivity contribution in [3.8, 4) is 0 Å². The fraction of sp³-hybridized carbons (Fsp3) is 0.462. The quantitative estimate of drug-likeness (QED) is 0.588. The van der Waals surface area contributed by atoms with Crippen LogP contribution in [0.5, 0.6) is 0 Å². The third kappa shape index (κ3) is 4.22. The van der Waals surface area contributed by atoms with Crippen LogP contribution in [0, 0.1) is 11.8 Å². The van der Waals surface area contributed by atoms with Crippen molar-refractivity contribution in [1.29, 1.82) is 0 Å². The van der Waals surface area contributed by atoms with Gasteiger partial charge in [-0.15, -0.1) is 0 Å². The van der Waals surface area contributed by atoms with E-state index in [4.69, 9.17) is 0 Å². The van der Waals surface area contributed by atoms with Gasteiger partial charge in [0.25, 0.3) is 0 Å². The van der Waals surface area contributed by atoms with E-state index in [9.17, 15) is 4.79 Å². The van der Waals surface area contributed by atoms with Gasteiger partial charge in [-0.1, -0.05) is 52.2 Å². The maximum absolute atomic E-state index is 11.6. The van der Waals surface area contributed by atoms with Gasteiger partial charge in [0.1, 0.15) is 5.78 Å². The average Bonchev–Trinajstić information content (AvgIpc) is 2.15. The highest BCUT2D eigenvalue weighted by Crippen LogP contribution is 2.16. The molecule has 0 heterocycles. The van der Waals surface area contributed by atoms with Crippen molar-refractivity contribution in [2.45, 2.75) is 27.2 Å². The number of hydrogen-bond acceptors (Lipinski definition) is 1. The van der Waals surface area contributed by atoms with Gasteiger partial charge in [-0.2, -0.15) is 0 Å². The molecule has 1 heteroatoms. The molecule has 0 aromatic rings. The van der Waals surface area contributed by atoms with E-state index < -0.39 is 0 Å². The summed E-state index contributed by atoms with van der Waals surface area (Å²) in [6.45, 7) is 13.2. The molecular formula is C13H20O. The van der Waals surface area contributed by atoms with Gasteiger partial charge in [0, 0.05) is 11.8 Å². The molecule has 1 unspecified atom stereocenters. The summed E-state index contributed by atoms with van der Waals surface area (Å²) in [6, 6.07) is 0. The van der Waals surface area contributed by atoms with Crippen LogP contribution in [0.3, 0.4) is 0 Å². The highest BCUT2D eigenvalue weighted by atomic mass is 16.1. The third-order valence-corrected chi connectivity index (χ3v) is 2.19. The molecule has 0 aliphatic heterocycles. The molecule has 0 aliphatic carbocycles. The van der Waals surface area contributed by atoms with E-state index in [1.807, 2.05) is 26.8 Å². The highest BCUT2D eigenvalue weighted by Gasteiger charge is 2.16. The van der Waals surface area contributed by atoms with Crippen molar-refractivity contribution in [3.05, 3.63) is 37.0 Å². The molecule has 1 nitrogen and oxygen atoms in total. The maximum atomic E-state index is 11.6. The van der Waals surface area contributed by atoms with Gasteiger partial charge in [0.05, 0.1) is 0 Å². The predicted molar refractivity (Wildman–Crippen MR) is 62.1 cm³/mol. The Labute approximate surface area is 87.2 Å². The summed E-state index contributed by atoms with van der Waals surface area (Å²) < 4.78 is 0. The van der Waals surface area contributed by atoms with Crippen LogP contribution in [-0.4, -0.2) is 5.78 Å². The van der Waals surface area contributed by atoms with Crippen LogP contribution in [0.4, 0.5) is 0 Å². The SMILES string of the molecule is C=C/C=C(\C=C)CC(C)C(=O)C(C)C. The van der Waals surface area contributed by atoms with Crippen LogP contribution in [0.2, 0.25) is 0 Å². The van der Waals surface area contributed by atoms with Crippen LogP contribution in [-0.2, 0) is 4.79 Å². The summed E-state index contributed by atoms with van der Waals surface area (Å²) in [5, 5.41) is 0. The van der Waals surface area contributed by atoms with E-state index in [0.29, 0.717) is 5.78 Å². The van der Waals surface area contributed by atoms with Gasteiger partial charge in [-0.25, -0.2) is 0 Å². The molecule has 0 bridgehead atoms. The summed E-state index contributed by atoms with van der Waals surface area (Å²) >= 11 is 0. The van der Waals surface area contributed by atoms with Crippen LogP contribution >= 0.6 is 0 Å². The Balaban J connectivity index is 4.36. The molecule has 0 spiro atoms. The van der Waals surface area contributed by atoms with Crippen molar-refractivity contribution >= 4 is 5.78 Å². The van der Waals surface area contributed by atoms with Crippen LogP contribution in [0.15, 0.2) is 37.0 Å². The summed E-state index contributed by atoms with van der Waals surface area (Å²) in [4.78, 5) is 11.6. The second-order valence-electron chi connectivity index (χ2n) is 3.84. The zero-order valence-electron chi connectivity index (χ0n) is 9.42. The van der Waals surface area contributed by atoms with Crippen molar-refractivity contribution in [1.82, 2.24) is 0 Å². The summed E-state index contributed by atoms with van der Waals surface area (Å²) in [5.74, 6) is 0.487. The average molecular weight is 192 g/mol. The number of carbonyl (C=O) groups is 1. The third-order valence-electron chi connectivity index (χ3n) is 2.19. The van der Waals surface area contributed by atoms with Gasteiger partial charge in [-0.3, -0.25) is 4.79 Å². The molecule has 0 amide bonds. The standard InChI is InChI=1S/C13H20O/c1-6-8-12(7-2)9-11(5)13(14)10(3)4/h6-8,10-11H,1-2,9H2,3-5H3/b12-8+. The van der Waals surface area contributed by atoms with E-state index in [-0.39, 0.29) is 11.8 Å². The number of rotatable bonds is 6. The lowest BCUT2D eigenvalue weighted by Crippen LogP contribution is -2.17. The lowest BCUT2D eigenvalue weighted by molar-refractivity contribution is -0.125. The van der Waals surface area contributed by atoms with Crippen molar-refractivity contribution in [2.24, 2.45) is 11.8 Å². The Morgan fingerprint density at radius 3 is 2.21 bits per heavy atom. The molecule has 0 radical (unpaired) electrons. The van der Waals surface area contributed by atoms with Crippen LogP contribution in [0.25, 0.3) is 0 Å². The monoisotopic (exact) mass is 192 g/mol. The second kappa shape index (κ2) is 6.36. The van der Waals surface area contributed by atoms with E-state index in [2.05, 4.69) is 13.2 Å². The van der Waals surface area contributed by atoms with Gasteiger partial charge < -0.3 is 0 Å². The molecule has 0 saturated heterocycles. The molecule has 0 aromatic carbocycles. The van der Waals surface area contributed by atoms with E-state index in [1.54, 1.807) is 12.2 Å². The van der Waals surface area contributed by atoms with Crippen LogP contribution < -0.4 is 0 Å². The fourth-order valence-electron chi connectivity index (χ4n) is 1.39. The topological polar surface area (TPSA) is 17.1 Å². The smallest absolute Gasteiger partial charge is 0.138 e. The van der Waals surface area contributed by atoms with Gasteiger partial charge >= 0.3 is 0 Å². The molecule has 78 valence electrons. The molecule has 0 rings (SSSR count). The molecule has 1 atom stereocenters. The van der Waals surface area contributed by atoms with Crippen molar-refractivity contribution in [2.75, 3.05) is 0 Å². The van der Waals surface area contributed by atoms with E-state index in [0.717, 1.165) is 12.0 Å². The van der Waals surface area contributed by atoms with E-state index in [1.165, 1.54) is 0 Å². The molecule has 0 saturated carbocycles. The molecule has 14 heavy (non-hydrogen) atoms. The molecule has 0 aliphatic rings. The first-order valence-electron chi connectivity index (χ1n) is 5.00. The minimum atomic E-state index is 0.0687. The van der Waals surface area contributed by atoms with Gasteiger partial charge in [0.15, 0.2) is 0 Å². The van der Waals surface area contributed by atoms with Gasteiger partial charge in [0.2, 0.25) is 0 Å². The largest absolute Gasteiger partial charge is 0.299 e. The Morgan fingerprint density at radius 2 is 1.86 bits per heavy atom. The number of ketones is 1. The first kappa shape index (κ1) is 12.9. The number of Topliss-reactive ketones (excluding diaryl/α,β-unsaturated/α-hetero) is 1. The second-order valence-corrected chi connectivity index (χ2v) is 3.84. The summed E-state index contributed by atoms with van der Waals surface area (Å²) in [6.07, 6.45) is 6.17. The molecular weight excluding hydrogens is 172 g/mol. The first-order chi connectivity index (χ1) is 6.52. The number of hydrogen-bond donors (Lipinski definition) is 0. The van der Waals surface area contributed by atoms with Crippen LogP contribution in [0.1, 0.15) is 27.2 Å². The maximum Gasteiger partial charge on any atom is 0.138 e. The summed E-state index contributed by atoms with van der Waals surface area (Å²) in [7, 11) is 0. The zero-order valence-corrected chi connectivity index (χ0v) is 9.42. The Bertz CT molecular complexity index is 246. The van der Waals surface area contributed by atoms with Crippen molar-refractivity contribution < 1.29 is 4.79 Å². The minimum Gasteiger partial charge on any atom is -0.299 e. The normalized spacial score (nSPS) is 13.9. The molecule has 0 fully saturated rings. The van der Waals surface area contributed by atoms with Gasteiger partial charge in [-0.05, 0) is 12.0 Å². The Morgan fingerprint density at radius 1 is 1.29 bits per heavy atom. The fourth-order valence-corrected chi connectivity index (χ4v) is 1.39. The number of carbonyl (C=O) groups excluding carboxylic acids is 1. The predicted octanol–water partition coefficient (Wildman–Crippen LogP) is 3.54. The summed E-state index contributed by atoms with van der Waals surface area (Å²) in [5.41, 5.74) is 1.07. The molecule has 0 aromatic heterocycles.